The molecular formula is C12H7BrFN3OS. The Hall–Kier alpha value is -1.73. The zero-order valence-electron chi connectivity index (χ0n) is 9.43. The van der Waals surface area contributed by atoms with E-state index in [-0.39, 0.29) is 17.1 Å². The van der Waals surface area contributed by atoms with Crippen LogP contribution in [0.5, 0.6) is 0 Å². The standard InChI is InChI=1S/C12H7BrFN3OS/c13-9-5-4-8(19-9)11-16-12(18-17-11)10-6(14)2-1-3-7(10)15/h1-5H,15H2. The highest BCUT2D eigenvalue weighted by atomic mass is 79.9. The molecule has 0 unspecified atom stereocenters. The van der Waals surface area contributed by atoms with Crippen molar-refractivity contribution in [3.8, 4) is 22.2 Å². The number of nitrogens with two attached hydrogens (primary N) is 1. The molecule has 2 aromatic heterocycles. The first-order valence-corrected chi connectivity index (χ1v) is 6.90. The van der Waals surface area contributed by atoms with Gasteiger partial charge in [-0.2, -0.15) is 4.98 Å². The van der Waals surface area contributed by atoms with E-state index >= 15 is 0 Å². The molecule has 0 saturated heterocycles. The Balaban J connectivity index is 2.06. The van der Waals surface area contributed by atoms with Gasteiger partial charge >= 0.3 is 0 Å². The van der Waals surface area contributed by atoms with E-state index in [9.17, 15) is 4.39 Å². The van der Waals surface area contributed by atoms with E-state index in [1.165, 1.54) is 23.5 Å². The Labute approximate surface area is 120 Å². The van der Waals surface area contributed by atoms with Crippen molar-refractivity contribution in [2.75, 3.05) is 5.73 Å². The SMILES string of the molecule is Nc1cccc(F)c1-c1nc(-c2ccc(Br)s2)no1. The molecule has 19 heavy (non-hydrogen) atoms. The first-order chi connectivity index (χ1) is 9.15. The van der Waals surface area contributed by atoms with E-state index in [4.69, 9.17) is 10.3 Å². The molecule has 7 heteroatoms. The maximum atomic E-state index is 13.7. The predicted octanol–water partition coefficient (Wildman–Crippen LogP) is 3.95. The molecule has 0 fully saturated rings. The Morgan fingerprint density at radius 3 is 2.79 bits per heavy atom. The van der Waals surface area contributed by atoms with Crippen LogP contribution in [-0.4, -0.2) is 10.1 Å². The van der Waals surface area contributed by atoms with Gasteiger partial charge in [0, 0.05) is 5.69 Å². The Morgan fingerprint density at radius 1 is 1.26 bits per heavy atom. The quantitative estimate of drug-likeness (QED) is 0.718. The second-order valence-electron chi connectivity index (χ2n) is 3.73. The molecule has 3 aromatic rings. The zero-order valence-corrected chi connectivity index (χ0v) is 11.8. The molecule has 0 amide bonds. The van der Waals surface area contributed by atoms with Gasteiger partial charge in [-0.05, 0) is 40.2 Å². The number of aromatic nitrogens is 2. The third kappa shape index (κ3) is 2.26. The third-order valence-electron chi connectivity index (χ3n) is 2.48. The van der Waals surface area contributed by atoms with Gasteiger partial charge in [0.1, 0.15) is 5.82 Å². The van der Waals surface area contributed by atoms with Gasteiger partial charge < -0.3 is 10.3 Å². The summed E-state index contributed by atoms with van der Waals surface area (Å²) in [4.78, 5) is 5.01. The van der Waals surface area contributed by atoms with E-state index in [1.54, 1.807) is 6.07 Å². The second-order valence-corrected chi connectivity index (χ2v) is 6.19. The molecule has 0 saturated carbocycles. The van der Waals surface area contributed by atoms with Crippen molar-refractivity contribution >= 4 is 33.0 Å². The highest BCUT2D eigenvalue weighted by Gasteiger charge is 2.17. The summed E-state index contributed by atoms with van der Waals surface area (Å²) >= 11 is 4.82. The van der Waals surface area contributed by atoms with Crippen molar-refractivity contribution < 1.29 is 8.91 Å². The number of halogens is 2. The molecule has 3 rings (SSSR count). The average molecular weight is 340 g/mol. The predicted molar refractivity (Wildman–Crippen MR) is 75.1 cm³/mol. The number of rotatable bonds is 2. The first kappa shape index (κ1) is 12.3. The highest BCUT2D eigenvalue weighted by molar-refractivity contribution is 9.11. The number of thiophene rings is 1. The lowest BCUT2D eigenvalue weighted by Crippen LogP contribution is -1.93. The molecule has 0 aliphatic rings. The third-order valence-corrected chi connectivity index (χ3v) is 4.10. The van der Waals surface area contributed by atoms with Crippen molar-refractivity contribution in [2.24, 2.45) is 0 Å². The Bertz CT molecular complexity index is 720. The van der Waals surface area contributed by atoms with Gasteiger partial charge in [-0.25, -0.2) is 4.39 Å². The van der Waals surface area contributed by atoms with Crippen LogP contribution in [0, 0.1) is 5.82 Å². The fourth-order valence-corrected chi connectivity index (χ4v) is 2.94. The lowest BCUT2D eigenvalue weighted by molar-refractivity contribution is 0.430. The minimum Gasteiger partial charge on any atom is -0.398 e. The fraction of sp³-hybridized carbons (Fsp3) is 0. The normalized spacial score (nSPS) is 10.8. The summed E-state index contributed by atoms with van der Waals surface area (Å²) < 4.78 is 19.8. The van der Waals surface area contributed by atoms with Gasteiger partial charge in [0.25, 0.3) is 5.89 Å². The average Bonchev–Trinajstić information content (AvgIpc) is 2.98. The fourth-order valence-electron chi connectivity index (χ4n) is 1.63. The lowest BCUT2D eigenvalue weighted by Gasteiger charge is -2.00. The molecular weight excluding hydrogens is 333 g/mol. The van der Waals surface area contributed by atoms with Gasteiger partial charge in [-0.3, -0.25) is 0 Å². The van der Waals surface area contributed by atoms with Gasteiger partial charge in [0.05, 0.1) is 14.2 Å². The number of anilines is 1. The minimum absolute atomic E-state index is 0.0788. The summed E-state index contributed by atoms with van der Waals surface area (Å²) in [5, 5.41) is 3.84. The van der Waals surface area contributed by atoms with E-state index in [1.807, 2.05) is 12.1 Å². The van der Waals surface area contributed by atoms with Gasteiger partial charge in [0.2, 0.25) is 5.82 Å². The maximum absolute atomic E-state index is 13.7. The summed E-state index contributed by atoms with van der Waals surface area (Å²) in [5.74, 6) is 0.00559. The summed E-state index contributed by atoms with van der Waals surface area (Å²) in [6.45, 7) is 0. The van der Waals surface area contributed by atoms with Crippen molar-refractivity contribution in [3.05, 3.63) is 39.9 Å². The van der Waals surface area contributed by atoms with Crippen LogP contribution in [0.15, 0.2) is 38.6 Å². The van der Waals surface area contributed by atoms with Crippen LogP contribution < -0.4 is 5.73 Å². The lowest BCUT2D eigenvalue weighted by atomic mass is 10.1. The van der Waals surface area contributed by atoms with Crippen molar-refractivity contribution in [3.63, 3.8) is 0 Å². The summed E-state index contributed by atoms with van der Waals surface area (Å²) in [6, 6.07) is 8.16. The summed E-state index contributed by atoms with van der Waals surface area (Å²) in [7, 11) is 0. The number of benzene rings is 1. The Kier molecular flexibility index (Phi) is 3.08. The molecule has 0 spiro atoms. The van der Waals surface area contributed by atoms with E-state index in [2.05, 4.69) is 26.1 Å². The van der Waals surface area contributed by atoms with Crippen molar-refractivity contribution in [2.45, 2.75) is 0 Å². The molecule has 4 nitrogen and oxygen atoms in total. The van der Waals surface area contributed by atoms with Crippen molar-refractivity contribution in [1.82, 2.24) is 10.1 Å². The topological polar surface area (TPSA) is 64.9 Å². The zero-order chi connectivity index (χ0) is 13.4. The van der Waals surface area contributed by atoms with Crippen LogP contribution >= 0.6 is 27.3 Å². The number of nitrogens with zero attached hydrogens (tertiary/aromatic N) is 2. The molecule has 96 valence electrons. The van der Waals surface area contributed by atoms with E-state index in [0.717, 1.165) is 8.66 Å². The Morgan fingerprint density at radius 2 is 2.11 bits per heavy atom. The first-order valence-electron chi connectivity index (χ1n) is 5.29. The minimum atomic E-state index is -0.484. The number of hydrogen-bond donors (Lipinski definition) is 1. The van der Waals surface area contributed by atoms with Crippen LogP contribution in [0.25, 0.3) is 22.2 Å². The van der Waals surface area contributed by atoms with Gasteiger partial charge in [-0.1, -0.05) is 11.2 Å². The molecule has 0 radical (unpaired) electrons. The van der Waals surface area contributed by atoms with Crippen molar-refractivity contribution in [1.29, 1.82) is 0 Å². The molecule has 1 aromatic carbocycles. The number of hydrogen-bond acceptors (Lipinski definition) is 5. The molecule has 0 atom stereocenters. The summed E-state index contributed by atoms with van der Waals surface area (Å²) in [5.41, 5.74) is 6.14. The summed E-state index contributed by atoms with van der Waals surface area (Å²) in [6.07, 6.45) is 0. The van der Waals surface area contributed by atoms with Gasteiger partial charge in [-0.15, -0.1) is 11.3 Å². The van der Waals surface area contributed by atoms with E-state index < -0.39 is 5.82 Å². The molecule has 2 heterocycles. The number of nitrogen functional groups attached to an aromatic ring is 1. The highest BCUT2D eigenvalue weighted by Crippen LogP contribution is 2.32. The van der Waals surface area contributed by atoms with Crippen LogP contribution in [0.2, 0.25) is 0 Å². The monoisotopic (exact) mass is 339 g/mol. The second kappa shape index (κ2) is 4.75. The molecule has 0 bridgehead atoms. The van der Waals surface area contributed by atoms with Crippen LogP contribution in [0.4, 0.5) is 10.1 Å². The van der Waals surface area contributed by atoms with Crippen LogP contribution in [-0.2, 0) is 0 Å². The maximum Gasteiger partial charge on any atom is 0.263 e. The van der Waals surface area contributed by atoms with Crippen LogP contribution in [0.3, 0.4) is 0 Å². The molecule has 2 N–H and O–H groups in total. The molecule has 0 aliphatic heterocycles. The largest absolute Gasteiger partial charge is 0.398 e. The smallest absolute Gasteiger partial charge is 0.263 e. The van der Waals surface area contributed by atoms with Crippen LogP contribution in [0.1, 0.15) is 0 Å². The van der Waals surface area contributed by atoms with Gasteiger partial charge in [0.15, 0.2) is 0 Å². The molecule has 0 aliphatic carbocycles. The van der Waals surface area contributed by atoms with E-state index in [0.29, 0.717) is 5.82 Å².